The van der Waals surface area contributed by atoms with E-state index in [9.17, 15) is 0 Å². The third-order valence-corrected chi connectivity index (χ3v) is 3.92. The van der Waals surface area contributed by atoms with Crippen LogP contribution in [-0.4, -0.2) is 30.7 Å². The number of piperazine rings is 1. The van der Waals surface area contributed by atoms with E-state index in [4.69, 9.17) is 4.98 Å². The first kappa shape index (κ1) is 12.4. The summed E-state index contributed by atoms with van der Waals surface area (Å²) in [7, 11) is 0. The Morgan fingerprint density at radius 3 is 2.89 bits per heavy atom. The number of rotatable bonds is 2. The van der Waals surface area contributed by atoms with Crippen molar-refractivity contribution in [1.29, 1.82) is 0 Å². The van der Waals surface area contributed by atoms with Crippen molar-refractivity contribution in [3.63, 3.8) is 0 Å². The van der Waals surface area contributed by atoms with Crippen molar-refractivity contribution in [1.82, 2.24) is 10.3 Å². The number of benzene rings is 1. The molecule has 1 N–H and O–H groups in total. The molecule has 0 bridgehead atoms. The van der Waals surface area contributed by atoms with Gasteiger partial charge in [-0.1, -0.05) is 32.0 Å². The molecule has 1 atom stereocenters. The number of nitrogens with zero attached hydrogens (tertiary/aromatic N) is 2. The highest BCUT2D eigenvalue weighted by Gasteiger charge is 2.22. The van der Waals surface area contributed by atoms with Crippen LogP contribution < -0.4 is 10.2 Å². The molecule has 0 radical (unpaired) electrons. The van der Waals surface area contributed by atoms with E-state index >= 15 is 0 Å². The minimum atomic E-state index is 0.557. The summed E-state index contributed by atoms with van der Waals surface area (Å²) in [5.74, 6) is 1.76. The van der Waals surface area contributed by atoms with Crippen molar-refractivity contribution in [2.24, 2.45) is 5.92 Å². The second-order valence-corrected chi connectivity index (χ2v) is 5.61. The summed E-state index contributed by atoms with van der Waals surface area (Å²) in [6.45, 7) is 7.67. The van der Waals surface area contributed by atoms with Gasteiger partial charge in [0.2, 0.25) is 0 Å². The molecule has 19 heavy (non-hydrogen) atoms. The van der Waals surface area contributed by atoms with Gasteiger partial charge in [0, 0.05) is 31.1 Å². The van der Waals surface area contributed by atoms with E-state index in [0.717, 1.165) is 31.0 Å². The van der Waals surface area contributed by atoms with Crippen molar-refractivity contribution < 1.29 is 0 Å². The zero-order chi connectivity index (χ0) is 13.2. The van der Waals surface area contributed by atoms with Crippen molar-refractivity contribution >= 4 is 16.7 Å². The predicted molar refractivity (Wildman–Crippen MR) is 80.6 cm³/mol. The Hall–Kier alpha value is -1.61. The van der Waals surface area contributed by atoms with Crippen LogP contribution in [0.5, 0.6) is 0 Å². The van der Waals surface area contributed by atoms with Gasteiger partial charge in [0.1, 0.15) is 5.82 Å². The van der Waals surface area contributed by atoms with Crippen molar-refractivity contribution in [2.45, 2.75) is 19.9 Å². The van der Waals surface area contributed by atoms with Crippen LogP contribution in [0, 0.1) is 5.92 Å². The van der Waals surface area contributed by atoms with Crippen LogP contribution in [-0.2, 0) is 0 Å². The van der Waals surface area contributed by atoms with Gasteiger partial charge in [-0.05, 0) is 24.1 Å². The number of fused-ring (bicyclic) bond motifs is 1. The summed E-state index contributed by atoms with van der Waals surface area (Å²) in [6.07, 6.45) is 0. The van der Waals surface area contributed by atoms with Crippen LogP contribution in [0.4, 0.5) is 5.82 Å². The van der Waals surface area contributed by atoms with E-state index in [1.54, 1.807) is 0 Å². The Labute approximate surface area is 114 Å². The largest absolute Gasteiger partial charge is 0.354 e. The number of anilines is 1. The van der Waals surface area contributed by atoms with E-state index in [1.807, 2.05) is 6.07 Å². The van der Waals surface area contributed by atoms with Gasteiger partial charge >= 0.3 is 0 Å². The molecular formula is C16H21N3. The zero-order valence-electron chi connectivity index (χ0n) is 11.6. The third-order valence-electron chi connectivity index (χ3n) is 3.92. The van der Waals surface area contributed by atoms with Gasteiger partial charge in [0.15, 0.2) is 0 Å². The fraction of sp³-hybridized carbons (Fsp3) is 0.438. The van der Waals surface area contributed by atoms with Crippen LogP contribution in [0.3, 0.4) is 0 Å². The standard InChI is InChI=1S/C16H21N3/c1-12(2)15-11-19(10-9-17-15)16-8-7-13-5-3-4-6-14(13)18-16/h3-8,12,15,17H,9-11H2,1-2H3/t15-/m0/s1. The maximum Gasteiger partial charge on any atom is 0.129 e. The van der Waals surface area contributed by atoms with Crippen molar-refractivity contribution in [3.05, 3.63) is 36.4 Å². The molecule has 0 aliphatic carbocycles. The lowest BCUT2D eigenvalue weighted by Gasteiger charge is -2.36. The molecule has 0 spiro atoms. The lowest BCUT2D eigenvalue weighted by Crippen LogP contribution is -2.53. The van der Waals surface area contributed by atoms with Crippen LogP contribution in [0.25, 0.3) is 10.9 Å². The summed E-state index contributed by atoms with van der Waals surface area (Å²) in [5.41, 5.74) is 1.08. The number of hydrogen-bond donors (Lipinski definition) is 1. The molecule has 1 aliphatic heterocycles. The number of nitrogens with one attached hydrogen (secondary N) is 1. The third kappa shape index (κ3) is 2.56. The molecule has 1 saturated heterocycles. The van der Waals surface area contributed by atoms with Gasteiger partial charge in [-0.25, -0.2) is 4.98 Å². The predicted octanol–water partition coefficient (Wildman–Crippen LogP) is 2.67. The number of para-hydroxylation sites is 1. The molecule has 2 aromatic rings. The van der Waals surface area contributed by atoms with Crippen molar-refractivity contribution in [3.8, 4) is 0 Å². The number of pyridine rings is 1. The van der Waals surface area contributed by atoms with Crippen LogP contribution in [0.15, 0.2) is 36.4 Å². The second kappa shape index (κ2) is 5.17. The normalized spacial score (nSPS) is 20.2. The Kier molecular flexibility index (Phi) is 3.38. The minimum absolute atomic E-state index is 0.557. The monoisotopic (exact) mass is 255 g/mol. The molecule has 0 amide bonds. The molecule has 100 valence electrons. The summed E-state index contributed by atoms with van der Waals surface area (Å²) >= 11 is 0. The number of hydrogen-bond acceptors (Lipinski definition) is 3. The molecule has 3 rings (SSSR count). The summed E-state index contributed by atoms with van der Waals surface area (Å²) in [6, 6.07) is 13.2. The molecule has 1 aliphatic rings. The van der Waals surface area contributed by atoms with E-state index in [-0.39, 0.29) is 0 Å². The smallest absolute Gasteiger partial charge is 0.129 e. The first-order valence-electron chi connectivity index (χ1n) is 7.08. The first-order valence-corrected chi connectivity index (χ1v) is 7.08. The van der Waals surface area contributed by atoms with Gasteiger partial charge in [0.25, 0.3) is 0 Å². The molecule has 1 aromatic carbocycles. The van der Waals surface area contributed by atoms with Gasteiger partial charge in [-0.3, -0.25) is 0 Å². The van der Waals surface area contributed by atoms with Gasteiger partial charge in [0.05, 0.1) is 5.52 Å². The minimum Gasteiger partial charge on any atom is -0.354 e. The summed E-state index contributed by atoms with van der Waals surface area (Å²) in [4.78, 5) is 7.19. The second-order valence-electron chi connectivity index (χ2n) is 5.61. The highest BCUT2D eigenvalue weighted by Crippen LogP contribution is 2.20. The average molecular weight is 255 g/mol. The Bertz CT molecular complexity index is 565. The van der Waals surface area contributed by atoms with Gasteiger partial charge in [-0.2, -0.15) is 0 Å². The fourth-order valence-corrected chi connectivity index (χ4v) is 2.66. The van der Waals surface area contributed by atoms with E-state index < -0.39 is 0 Å². The van der Waals surface area contributed by atoms with Crippen molar-refractivity contribution in [2.75, 3.05) is 24.5 Å². The number of aromatic nitrogens is 1. The maximum atomic E-state index is 4.79. The maximum absolute atomic E-state index is 4.79. The van der Waals surface area contributed by atoms with E-state index in [2.05, 4.69) is 54.4 Å². The average Bonchev–Trinajstić information content (AvgIpc) is 2.47. The lowest BCUT2D eigenvalue weighted by atomic mass is 10.0. The molecule has 0 unspecified atom stereocenters. The highest BCUT2D eigenvalue weighted by molar-refractivity contribution is 5.80. The van der Waals surface area contributed by atoms with Crippen LogP contribution in [0.2, 0.25) is 0 Å². The summed E-state index contributed by atoms with van der Waals surface area (Å²) < 4.78 is 0. The Morgan fingerprint density at radius 1 is 1.21 bits per heavy atom. The molecule has 3 heteroatoms. The molecular weight excluding hydrogens is 234 g/mol. The van der Waals surface area contributed by atoms with Gasteiger partial charge in [-0.15, -0.1) is 0 Å². The van der Waals surface area contributed by atoms with E-state index in [1.165, 1.54) is 5.39 Å². The summed E-state index contributed by atoms with van der Waals surface area (Å²) in [5, 5.41) is 4.80. The molecule has 2 heterocycles. The quantitative estimate of drug-likeness (QED) is 0.894. The molecule has 1 aromatic heterocycles. The SMILES string of the molecule is CC(C)[C@@H]1CN(c2ccc3ccccc3n2)CCN1. The fourth-order valence-electron chi connectivity index (χ4n) is 2.66. The van der Waals surface area contributed by atoms with Crippen LogP contribution in [0.1, 0.15) is 13.8 Å². The highest BCUT2D eigenvalue weighted by atomic mass is 15.2. The Balaban J connectivity index is 1.87. The molecule has 0 saturated carbocycles. The van der Waals surface area contributed by atoms with Gasteiger partial charge < -0.3 is 10.2 Å². The van der Waals surface area contributed by atoms with E-state index in [0.29, 0.717) is 12.0 Å². The molecule has 1 fully saturated rings. The first-order chi connectivity index (χ1) is 9.24. The topological polar surface area (TPSA) is 28.2 Å². The molecule has 3 nitrogen and oxygen atoms in total. The zero-order valence-corrected chi connectivity index (χ0v) is 11.6. The Morgan fingerprint density at radius 2 is 2.05 bits per heavy atom. The lowest BCUT2D eigenvalue weighted by molar-refractivity contribution is 0.367. The van der Waals surface area contributed by atoms with Crippen LogP contribution >= 0.6 is 0 Å².